The van der Waals surface area contributed by atoms with E-state index in [1.165, 1.54) is 6.20 Å². The molecule has 108 valence electrons. The third-order valence-electron chi connectivity index (χ3n) is 2.91. The predicted molar refractivity (Wildman–Crippen MR) is 76.5 cm³/mol. The van der Waals surface area contributed by atoms with E-state index in [0.29, 0.717) is 23.7 Å². The molecule has 0 saturated carbocycles. The van der Waals surface area contributed by atoms with Gasteiger partial charge in [0, 0.05) is 6.42 Å². The van der Waals surface area contributed by atoms with Crippen molar-refractivity contribution in [1.82, 2.24) is 9.97 Å². The molecule has 0 bridgehead atoms. The van der Waals surface area contributed by atoms with E-state index < -0.39 is 10.0 Å². The van der Waals surface area contributed by atoms with Gasteiger partial charge >= 0.3 is 0 Å². The van der Waals surface area contributed by atoms with Gasteiger partial charge in [0.25, 0.3) is 10.0 Å². The van der Waals surface area contributed by atoms with Gasteiger partial charge in [0.05, 0.1) is 19.0 Å². The highest BCUT2D eigenvalue weighted by Crippen LogP contribution is 2.23. The van der Waals surface area contributed by atoms with E-state index in [9.17, 15) is 8.42 Å². The van der Waals surface area contributed by atoms with Crippen molar-refractivity contribution >= 4 is 15.7 Å². The van der Waals surface area contributed by atoms with Gasteiger partial charge in [0.2, 0.25) is 0 Å². The molecule has 6 nitrogen and oxygen atoms in total. The number of nitrogens with zero attached hydrogens (tertiary/aromatic N) is 1. The number of methoxy groups -OCH3 is 1. The first kappa shape index (κ1) is 14.4. The van der Waals surface area contributed by atoms with Crippen LogP contribution in [0.1, 0.15) is 18.3 Å². The minimum Gasteiger partial charge on any atom is -0.497 e. The fraction of sp³-hybridized carbons (Fsp3) is 0.308. The molecule has 2 rings (SSSR count). The van der Waals surface area contributed by atoms with Crippen molar-refractivity contribution in [2.24, 2.45) is 0 Å². The van der Waals surface area contributed by atoms with Crippen molar-refractivity contribution in [3.8, 4) is 5.75 Å². The van der Waals surface area contributed by atoms with Crippen LogP contribution in [0.2, 0.25) is 0 Å². The molecule has 0 radical (unpaired) electrons. The summed E-state index contributed by atoms with van der Waals surface area (Å²) in [4.78, 5) is 6.78. The standard InChI is InChI=1S/C13H17N3O3S/c1-4-12-14-8-13(15-12)20(17,18)16-11-6-5-10(19-3)7-9(11)2/h5-8,16H,4H2,1-3H3,(H,14,15). The lowest BCUT2D eigenvalue weighted by Crippen LogP contribution is -2.14. The highest BCUT2D eigenvalue weighted by atomic mass is 32.2. The Kier molecular flexibility index (Phi) is 3.99. The maximum atomic E-state index is 12.2. The predicted octanol–water partition coefficient (Wildman–Crippen LogP) is 2.09. The van der Waals surface area contributed by atoms with Crippen molar-refractivity contribution < 1.29 is 13.2 Å². The van der Waals surface area contributed by atoms with Crippen molar-refractivity contribution in [1.29, 1.82) is 0 Å². The SMILES string of the molecule is CCc1ncc(S(=O)(=O)Nc2ccc(OC)cc2C)[nH]1. The summed E-state index contributed by atoms with van der Waals surface area (Å²) in [6, 6.07) is 5.14. The molecule has 0 aliphatic heterocycles. The van der Waals surface area contributed by atoms with Gasteiger partial charge in [-0.1, -0.05) is 6.92 Å². The summed E-state index contributed by atoms with van der Waals surface area (Å²) in [6.07, 6.45) is 1.97. The normalized spacial score (nSPS) is 11.3. The topological polar surface area (TPSA) is 84.1 Å². The van der Waals surface area contributed by atoms with E-state index in [4.69, 9.17) is 4.74 Å². The fourth-order valence-electron chi connectivity index (χ4n) is 1.74. The molecule has 2 aromatic rings. The Morgan fingerprint density at radius 1 is 1.40 bits per heavy atom. The summed E-state index contributed by atoms with van der Waals surface area (Å²) in [5.74, 6) is 1.32. The number of sulfonamides is 1. The van der Waals surface area contributed by atoms with E-state index in [0.717, 1.165) is 5.56 Å². The van der Waals surface area contributed by atoms with Crippen molar-refractivity contribution in [3.63, 3.8) is 0 Å². The Bertz CT molecular complexity index is 707. The van der Waals surface area contributed by atoms with Crippen LogP contribution in [-0.2, 0) is 16.4 Å². The van der Waals surface area contributed by atoms with E-state index in [2.05, 4.69) is 14.7 Å². The maximum absolute atomic E-state index is 12.2. The molecule has 1 aromatic heterocycles. The van der Waals surface area contributed by atoms with E-state index in [1.54, 1.807) is 25.3 Å². The maximum Gasteiger partial charge on any atom is 0.278 e. The lowest BCUT2D eigenvalue weighted by Gasteiger charge is -2.10. The average Bonchev–Trinajstić information content (AvgIpc) is 2.90. The summed E-state index contributed by atoms with van der Waals surface area (Å²) in [5.41, 5.74) is 1.29. The van der Waals surface area contributed by atoms with Gasteiger partial charge in [0.15, 0.2) is 5.03 Å². The minimum atomic E-state index is -3.65. The van der Waals surface area contributed by atoms with Crippen LogP contribution in [0, 0.1) is 6.92 Å². The van der Waals surface area contributed by atoms with Crippen LogP contribution in [0.15, 0.2) is 29.4 Å². The van der Waals surface area contributed by atoms with Crippen LogP contribution < -0.4 is 9.46 Å². The summed E-state index contributed by atoms with van der Waals surface area (Å²) < 4.78 is 32.1. The van der Waals surface area contributed by atoms with Crippen molar-refractivity contribution in [2.45, 2.75) is 25.3 Å². The number of rotatable bonds is 5. The Morgan fingerprint density at radius 2 is 2.15 bits per heavy atom. The van der Waals surface area contributed by atoms with Crippen molar-refractivity contribution in [3.05, 3.63) is 35.8 Å². The van der Waals surface area contributed by atoms with Crippen LogP contribution in [0.25, 0.3) is 0 Å². The first-order valence-electron chi connectivity index (χ1n) is 6.17. The third kappa shape index (κ3) is 2.93. The van der Waals surface area contributed by atoms with Crippen LogP contribution in [0.5, 0.6) is 5.75 Å². The Hall–Kier alpha value is -2.02. The number of hydrogen-bond acceptors (Lipinski definition) is 4. The van der Waals surface area contributed by atoms with Gasteiger partial charge in [-0.15, -0.1) is 0 Å². The highest BCUT2D eigenvalue weighted by Gasteiger charge is 2.18. The number of aromatic amines is 1. The molecule has 0 atom stereocenters. The smallest absolute Gasteiger partial charge is 0.278 e. The lowest BCUT2D eigenvalue weighted by atomic mass is 10.2. The Labute approximate surface area is 118 Å². The molecule has 0 aliphatic rings. The minimum absolute atomic E-state index is 0.0598. The number of imidazole rings is 1. The number of ether oxygens (including phenoxy) is 1. The molecule has 0 amide bonds. The molecular weight excluding hydrogens is 278 g/mol. The second-order valence-electron chi connectivity index (χ2n) is 4.33. The fourth-order valence-corrected chi connectivity index (χ4v) is 2.81. The number of hydrogen-bond donors (Lipinski definition) is 2. The molecular formula is C13H17N3O3S. The zero-order valence-corrected chi connectivity index (χ0v) is 12.4. The summed E-state index contributed by atoms with van der Waals surface area (Å²) in [5, 5.41) is 0.0598. The number of aromatic nitrogens is 2. The van der Waals surface area contributed by atoms with Gasteiger partial charge in [-0.05, 0) is 30.7 Å². The van der Waals surface area contributed by atoms with Gasteiger partial charge in [0.1, 0.15) is 11.6 Å². The van der Waals surface area contributed by atoms with E-state index in [-0.39, 0.29) is 5.03 Å². The largest absolute Gasteiger partial charge is 0.497 e. The average molecular weight is 295 g/mol. The molecule has 0 unspecified atom stereocenters. The first-order chi connectivity index (χ1) is 9.46. The number of benzene rings is 1. The van der Waals surface area contributed by atoms with Gasteiger partial charge in [-0.3, -0.25) is 4.72 Å². The van der Waals surface area contributed by atoms with Gasteiger partial charge < -0.3 is 9.72 Å². The number of anilines is 1. The zero-order chi connectivity index (χ0) is 14.8. The molecule has 0 fully saturated rings. The monoisotopic (exact) mass is 295 g/mol. The van der Waals surface area contributed by atoms with E-state index in [1.807, 2.05) is 13.8 Å². The zero-order valence-electron chi connectivity index (χ0n) is 11.6. The number of H-pyrrole nitrogens is 1. The second kappa shape index (κ2) is 5.54. The van der Waals surface area contributed by atoms with Gasteiger partial charge in [-0.2, -0.15) is 8.42 Å². The molecule has 1 aromatic carbocycles. The van der Waals surface area contributed by atoms with Crippen molar-refractivity contribution in [2.75, 3.05) is 11.8 Å². The molecule has 1 heterocycles. The molecule has 7 heteroatoms. The summed E-state index contributed by atoms with van der Waals surface area (Å²) in [7, 11) is -2.09. The lowest BCUT2D eigenvalue weighted by molar-refractivity contribution is 0.414. The van der Waals surface area contributed by atoms with Crippen LogP contribution >= 0.6 is 0 Å². The number of aryl methyl sites for hydroxylation is 2. The third-order valence-corrected chi connectivity index (χ3v) is 4.18. The van der Waals surface area contributed by atoms with Gasteiger partial charge in [-0.25, -0.2) is 4.98 Å². The first-order valence-corrected chi connectivity index (χ1v) is 7.66. The van der Waals surface area contributed by atoms with Crippen LogP contribution in [0.4, 0.5) is 5.69 Å². The summed E-state index contributed by atoms with van der Waals surface area (Å²) in [6.45, 7) is 3.71. The Morgan fingerprint density at radius 3 is 2.70 bits per heavy atom. The molecule has 2 N–H and O–H groups in total. The number of nitrogens with one attached hydrogen (secondary N) is 2. The van der Waals surface area contributed by atoms with Crippen LogP contribution in [-0.4, -0.2) is 25.5 Å². The van der Waals surface area contributed by atoms with Crippen LogP contribution in [0.3, 0.4) is 0 Å². The Balaban J connectivity index is 2.28. The quantitative estimate of drug-likeness (QED) is 0.884. The van der Waals surface area contributed by atoms with E-state index >= 15 is 0 Å². The highest BCUT2D eigenvalue weighted by molar-refractivity contribution is 7.92. The second-order valence-corrected chi connectivity index (χ2v) is 5.98. The molecule has 0 spiro atoms. The molecule has 0 aliphatic carbocycles. The summed E-state index contributed by atoms with van der Waals surface area (Å²) >= 11 is 0. The molecule has 0 saturated heterocycles. The molecule has 20 heavy (non-hydrogen) atoms.